The van der Waals surface area contributed by atoms with Gasteiger partial charge in [-0.3, -0.25) is 9.69 Å². The Morgan fingerprint density at radius 2 is 2.11 bits per heavy atom. The molecule has 0 N–H and O–H groups in total. The number of esters is 1. The Balaban J connectivity index is 1.96. The number of halogens is 3. The molecule has 0 radical (unpaired) electrons. The molecule has 4 nitrogen and oxygen atoms in total. The van der Waals surface area contributed by atoms with Crippen LogP contribution in [-0.4, -0.2) is 56.0 Å². The standard InChI is InChI=1S/C11H16F3NO3/c1-15-4-5-17-6-8(15)10(16)18-9(7-2-3-7)11(12,13)14/h7-9H,2-6H2,1H3/t8-,9-/m0/s1. The Morgan fingerprint density at radius 1 is 1.44 bits per heavy atom. The fraction of sp³-hybridized carbons (Fsp3) is 0.909. The van der Waals surface area contributed by atoms with Gasteiger partial charge in [-0.25, -0.2) is 0 Å². The van der Waals surface area contributed by atoms with Crippen molar-refractivity contribution in [3.05, 3.63) is 0 Å². The summed E-state index contributed by atoms with van der Waals surface area (Å²) in [6.45, 7) is 1.08. The van der Waals surface area contributed by atoms with Crippen LogP contribution in [0.4, 0.5) is 13.2 Å². The number of hydrogen-bond donors (Lipinski definition) is 0. The first-order chi connectivity index (χ1) is 8.39. The first-order valence-electron chi connectivity index (χ1n) is 5.95. The maximum atomic E-state index is 12.7. The highest BCUT2D eigenvalue weighted by Gasteiger charge is 2.52. The summed E-state index contributed by atoms with van der Waals surface area (Å²) >= 11 is 0. The predicted molar refractivity (Wildman–Crippen MR) is 55.9 cm³/mol. The summed E-state index contributed by atoms with van der Waals surface area (Å²) in [7, 11) is 1.67. The number of nitrogens with zero attached hydrogens (tertiary/aromatic N) is 1. The molecule has 2 atom stereocenters. The smallest absolute Gasteiger partial charge is 0.425 e. The number of ether oxygens (including phenoxy) is 2. The third-order valence-electron chi connectivity index (χ3n) is 3.28. The Bertz CT molecular complexity index is 317. The molecule has 2 fully saturated rings. The number of alkyl halides is 3. The van der Waals surface area contributed by atoms with Crippen LogP contribution in [0, 0.1) is 5.92 Å². The van der Waals surface area contributed by atoms with Gasteiger partial charge < -0.3 is 9.47 Å². The number of morpholine rings is 1. The van der Waals surface area contributed by atoms with Gasteiger partial charge in [0.1, 0.15) is 6.04 Å². The van der Waals surface area contributed by atoms with Gasteiger partial charge in [0.15, 0.2) is 6.10 Å². The molecule has 7 heteroatoms. The van der Waals surface area contributed by atoms with E-state index < -0.39 is 30.2 Å². The summed E-state index contributed by atoms with van der Waals surface area (Å²) in [5.41, 5.74) is 0. The molecule has 1 aliphatic carbocycles. The first-order valence-corrected chi connectivity index (χ1v) is 5.95. The zero-order valence-electron chi connectivity index (χ0n) is 10.1. The molecule has 0 aromatic rings. The van der Waals surface area contributed by atoms with Crippen LogP contribution < -0.4 is 0 Å². The van der Waals surface area contributed by atoms with Gasteiger partial charge in [-0.15, -0.1) is 0 Å². The van der Waals surface area contributed by atoms with Crippen molar-refractivity contribution in [2.24, 2.45) is 5.92 Å². The van der Waals surface area contributed by atoms with Crippen LogP contribution in [0.15, 0.2) is 0 Å². The summed E-state index contributed by atoms with van der Waals surface area (Å²) < 4.78 is 47.9. The quantitative estimate of drug-likeness (QED) is 0.720. The first kappa shape index (κ1) is 13.6. The van der Waals surface area contributed by atoms with Crippen LogP contribution in [0.1, 0.15) is 12.8 Å². The lowest BCUT2D eigenvalue weighted by Gasteiger charge is -2.32. The van der Waals surface area contributed by atoms with E-state index in [0.29, 0.717) is 26.0 Å². The van der Waals surface area contributed by atoms with E-state index in [1.165, 1.54) is 0 Å². The molecule has 1 saturated carbocycles. The summed E-state index contributed by atoms with van der Waals surface area (Å²) in [6.07, 6.45) is -5.51. The van der Waals surface area contributed by atoms with E-state index in [0.717, 1.165) is 0 Å². The summed E-state index contributed by atoms with van der Waals surface area (Å²) in [5.74, 6) is -1.41. The molecule has 0 bridgehead atoms. The lowest BCUT2D eigenvalue weighted by atomic mass is 10.2. The largest absolute Gasteiger partial charge is 0.451 e. The highest BCUT2D eigenvalue weighted by Crippen LogP contribution is 2.42. The van der Waals surface area contributed by atoms with E-state index in [4.69, 9.17) is 4.74 Å². The Labute approximate surface area is 103 Å². The van der Waals surface area contributed by atoms with E-state index in [1.807, 2.05) is 0 Å². The average Bonchev–Trinajstić information content (AvgIpc) is 3.08. The van der Waals surface area contributed by atoms with Gasteiger partial charge in [-0.1, -0.05) is 0 Å². The minimum absolute atomic E-state index is 0.0879. The van der Waals surface area contributed by atoms with Crippen molar-refractivity contribution in [3.63, 3.8) is 0 Å². The van der Waals surface area contributed by atoms with E-state index in [2.05, 4.69) is 4.74 Å². The zero-order valence-corrected chi connectivity index (χ0v) is 10.1. The maximum Gasteiger partial charge on any atom is 0.425 e. The van der Waals surface area contributed by atoms with Crippen molar-refractivity contribution < 1.29 is 27.4 Å². The van der Waals surface area contributed by atoms with Crippen LogP contribution >= 0.6 is 0 Å². The van der Waals surface area contributed by atoms with Crippen LogP contribution in [0.5, 0.6) is 0 Å². The molecule has 0 aromatic carbocycles. The number of carbonyl (C=O) groups is 1. The van der Waals surface area contributed by atoms with Gasteiger partial charge in [0, 0.05) is 12.5 Å². The summed E-state index contributed by atoms with van der Waals surface area (Å²) in [4.78, 5) is 13.4. The zero-order chi connectivity index (χ0) is 13.3. The summed E-state index contributed by atoms with van der Waals surface area (Å²) in [5, 5.41) is 0. The number of rotatable bonds is 3. The normalized spacial score (nSPS) is 27.9. The molecular weight excluding hydrogens is 251 g/mol. The van der Waals surface area contributed by atoms with Gasteiger partial charge in [0.25, 0.3) is 0 Å². The molecular formula is C11H16F3NO3. The second-order valence-corrected chi connectivity index (χ2v) is 4.81. The third-order valence-corrected chi connectivity index (χ3v) is 3.28. The van der Waals surface area contributed by atoms with Crippen molar-refractivity contribution in [2.75, 3.05) is 26.8 Å². The molecule has 2 rings (SSSR count). The van der Waals surface area contributed by atoms with Gasteiger partial charge in [0.2, 0.25) is 0 Å². The van der Waals surface area contributed by atoms with Crippen LogP contribution in [0.3, 0.4) is 0 Å². The lowest BCUT2D eigenvalue weighted by Crippen LogP contribution is -2.50. The molecule has 18 heavy (non-hydrogen) atoms. The topological polar surface area (TPSA) is 38.8 Å². The second kappa shape index (κ2) is 5.05. The Kier molecular flexibility index (Phi) is 3.82. The summed E-state index contributed by atoms with van der Waals surface area (Å²) in [6, 6.07) is -0.734. The van der Waals surface area contributed by atoms with E-state index in [1.54, 1.807) is 11.9 Å². The van der Waals surface area contributed by atoms with Crippen molar-refractivity contribution >= 4 is 5.97 Å². The minimum atomic E-state index is -4.48. The average molecular weight is 267 g/mol. The second-order valence-electron chi connectivity index (χ2n) is 4.81. The molecule has 0 amide bonds. The van der Waals surface area contributed by atoms with Crippen molar-refractivity contribution in [3.8, 4) is 0 Å². The molecule has 1 saturated heterocycles. The molecule has 0 unspecified atom stereocenters. The molecule has 1 heterocycles. The molecule has 1 aliphatic heterocycles. The fourth-order valence-corrected chi connectivity index (χ4v) is 1.97. The Morgan fingerprint density at radius 3 is 2.61 bits per heavy atom. The van der Waals surface area contributed by atoms with Crippen LogP contribution in [0.25, 0.3) is 0 Å². The maximum absolute atomic E-state index is 12.7. The third kappa shape index (κ3) is 3.14. The van der Waals surface area contributed by atoms with Crippen molar-refractivity contribution in [2.45, 2.75) is 31.2 Å². The van der Waals surface area contributed by atoms with Crippen molar-refractivity contribution in [1.82, 2.24) is 4.90 Å². The van der Waals surface area contributed by atoms with Gasteiger partial charge >= 0.3 is 12.1 Å². The van der Waals surface area contributed by atoms with Crippen LogP contribution in [0.2, 0.25) is 0 Å². The number of carbonyl (C=O) groups excluding carboxylic acids is 1. The van der Waals surface area contributed by atoms with E-state index in [9.17, 15) is 18.0 Å². The molecule has 104 valence electrons. The Hall–Kier alpha value is -0.820. The SMILES string of the molecule is CN1CCOC[C@H]1C(=O)O[C@@H](C1CC1)C(F)(F)F. The van der Waals surface area contributed by atoms with Gasteiger partial charge in [-0.2, -0.15) is 13.2 Å². The predicted octanol–water partition coefficient (Wildman–Crippen LogP) is 1.20. The van der Waals surface area contributed by atoms with Gasteiger partial charge in [-0.05, 0) is 19.9 Å². The molecule has 2 aliphatic rings. The number of hydrogen-bond acceptors (Lipinski definition) is 4. The van der Waals surface area contributed by atoms with E-state index in [-0.39, 0.29) is 6.61 Å². The van der Waals surface area contributed by atoms with E-state index >= 15 is 0 Å². The highest BCUT2D eigenvalue weighted by molar-refractivity contribution is 5.76. The van der Waals surface area contributed by atoms with Crippen molar-refractivity contribution in [1.29, 1.82) is 0 Å². The van der Waals surface area contributed by atoms with Gasteiger partial charge in [0.05, 0.1) is 13.2 Å². The number of likely N-dealkylation sites (N-methyl/N-ethyl adjacent to an activating group) is 1. The van der Waals surface area contributed by atoms with Crippen LogP contribution in [-0.2, 0) is 14.3 Å². The molecule has 0 spiro atoms. The monoisotopic (exact) mass is 267 g/mol. The minimum Gasteiger partial charge on any atom is -0.451 e. The lowest BCUT2D eigenvalue weighted by molar-refractivity contribution is -0.230. The highest BCUT2D eigenvalue weighted by atomic mass is 19.4. The molecule has 0 aromatic heterocycles. The fourth-order valence-electron chi connectivity index (χ4n) is 1.97.